The molecule has 0 saturated heterocycles. The minimum Gasteiger partial charge on any atom is -0.364 e. The lowest BCUT2D eigenvalue weighted by Crippen LogP contribution is -1.96. The van der Waals surface area contributed by atoms with Crippen molar-refractivity contribution in [2.75, 3.05) is 6.61 Å². The largest absolute Gasteiger partial charge is 0.364 e. The highest BCUT2D eigenvalue weighted by atomic mass is 35.5. The van der Waals surface area contributed by atoms with E-state index in [-0.39, 0.29) is 6.61 Å². The van der Waals surface area contributed by atoms with Crippen LogP contribution in [0.5, 0.6) is 0 Å². The molecule has 0 spiro atoms. The molecule has 0 amide bonds. The molecule has 0 aliphatic carbocycles. The average Bonchev–Trinajstić information content (AvgIpc) is 2.30. The van der Waals surface area contributed by atoms with Crippen molar-refractivity contribution >= 4 is 34.1 Å². The van der Waals surface area contributed by atoms with Crippen molar-refractivity contribution in [3.05, 3.63) is 40.0 Å². The van der Waals surface area contributed by atoms with E-state index in [2.05, 4.69) is 10.9 Å². The molecular formula is C13H9Cl2NO. The zero-order valence-electron chi connectivity index (χ0n) is 8.91. The van der Waals surface area contributed by atoms with Crippen LogP contribution in [-0.4, -0.2) is 11.6 Å². The molecule has 0 atom stereocenters. The van der Waals surface area contributed by atoms with Crippen LogP contribution in [0, 0.1) is 12.3 Å². The molecule has 1 heterocycles. The highest BCUT2D eigenvalue weighted by Gasteiger charge is 2.07. The summed E-state index contributed by atoms with van der Waals surface area (Å²) in [6.45, 7) is 0.663. The molecule has 4 heteroatoms. The molecule has 1 aromatic heterocycles. The van der Waals surface area contributed by atoms with Crippen LogP contribution in [0.2, 0.25) is 10.2 Å². The predicted molar refractivity (Wildman–Crippen MR) is 70.3 cm³/mol. The van der Waals surface area contributed by atoms with Crippen LogP contribution >= 0.6 is 23.2 Å². The minimum absolute atomic E-state index is 0.269. The molecule has 1 aromatic carbocycles. The molecule has 0 unspecified atom stereocenters. The molecular weight excluding hydrogens is 257 g/mol. The molecule has 0 bridgehead atoms. The number of halogens is 2. The summed E-state index contributed by atoms with van der Waals surface area (Å²) in [6.07, 6.45) is 5.12. The summed E-state index contributed by atoms with van der Waals surface area (Å²) in [5, 5.41) is 1.81. The Morgan fingerprint density at radius 2 is 2.18 bits per heavy atom. The Labute approximate surface area is 110 Å². The van der Waals surface area contributed by atoms with E-state index >= 15 is 0 Å². The SMILES string of the molecule is C#CCOCc1cccc2c(Cl)cc(Cl)nc12. The van der Waals surface area contributed by atoms with Gasteiger partial charge in [-0.1, -0.05) is 47.3 Å². The van der Waals surface area contributed by atoms with Crippen molar-refractivity contribution < 1.29 is 4.74 Å². The molecule has 0 fully saturated rings. The van der Waals surface area contributed by atoms with E-state index in [1.54, 1.807) is 6.07 Å². The molecule has 2 rings (SSSR count). The number of benzene rings is 1. The second-order valence-electron chi connectivity index (χ2n) is 3.44. The maximum Gasteiger partial charge on any atom is 0.131 e. The first-order chi connectivity index (χ1) is 8.22. The maximum atomic E-state index is 6.10. The number of fused-ring (bicyclic) bond motifs is 1. The van der Waals surface area contributed by atoms with Crippen molar-refractivity contribution in [1.82, 2.24) is 4.98 Å². The molecule has 0 radical (unpaired) electrons. The Morgan fingerprint density at radius 1 is 1.35 bits per heavy atom. The Balaban J connectivity index is 2.46. The summed E-state index contributed by atoms with van der Waals surface area (Å²) < 4.78 is 5.29. The standard InChI is InChI=1S/C13H9Cl2NO/c1-2-6-17-8-9-4-3-5-10-11(14)7-12(15)16-13(9)10/h1,3-5,7H,6,8H2. The molecule has 0 aliphatic rings. The van der Waals surface area contributed by atoms with Crippen LogP contribution in [0.25, 0.3) is 10.9 Å². The van der Waals surface area contributed by atoms with E-state index in [9.17, 15) is 0 Å². The third-order valence-electron chi connectivity index (χ3n) is 2.28. The van der Waals surface area contributed by atoms with E-state index in [0.29, 0.717) is 16.8 Å². The minimum atomic E-state index is 0.269. The summed E-state index contributed by atoms with van der Waals surface area (Å²) >= 11 is 12.0. The van der Waals surface area contributed by atoms with Gasteiger partial charge in [-0.05, 0) is 6.07 Å². The number of ether oxygens (including phenoxy) is 1. The third kappa shape index (κ3) is 2.70. The molecule has 2 nitrogen and oxygen atoms in total. The van der Waals surface area contributed by atoms with Crippen LogP contribution in [0.1, 0.15) is 5.56 Å². The van der Waals surface area contributed by atoms with Crippen molar-refractivity contribution in [2.24, 2.45) is 0 Å². The number of rotatable bonds is 3. The maximum absolute atomic E-state index is 6.10. The van der Waals surface area contributed by atoms with E-state index in [4.69, 9.17) is 34.4 Å². The first-order valence-electron chi connectivity index (χ1n) is 4.97. The Hall–Kier alpha value is -1.27. The van der Waals surface area contributed by atoms with Gasteiger partial charge in [0.25, 0.3) is 0 Å². The molecule has 0 aliphatic heterocycles. The van der Waals surface area contributed by atoms with Gasteiger partial charge in [-0.2, -0.15) is 0 Å². The number of pyridine rings is 1. The summed E-state index contributed by atoms with van der Waals surface area (Å²) in [6, 6.07) is 7.33. The topological polar surface area (TPSA) is 22.1 Å². The highest BCUT2D eigenvalue weighted by Crippen LogP contribution is 2.27. The number of aromatic nitrogens is 1. The van der Waals surface area contributed by atoms with Gasteiger partial charge in [0.15, 0.2) is 0 Å². The molecule has 17 heavy (non-hydrogen) atoms. The van der Waals surface area contributed by atoms with Gasteiger partial charge < -0.3 is 4.74 Å². The van der Waals surface area contributed by atoms with Crippen molar-refractivity contribution in [2.45, 2.75) is 6.61 Å². The van der Waals surface area contributed by atoms with Crippen LogP contribution in [0.15, 0.2) is 24.3 Å². The van der Waals surface area contributed by atoms with Gasteiger partial charge >= 0.3 is 0 Å². The van der Waals surface area contributed by atoms with E-state index < -0.39 is 0 Å². The summed E-state index contributed by atoms with van der Waals surface area (Å²) in [5.74, 6) is 2.41. The lowest BCUT2D eigenvalue weighted by molar-refractivity contribution is 0.154. The van der Waals surface area contributed by atoms with E-state index in [0.717, 1.165) is 16.5 Å². The van der Waals surface area contributed by atoms with Gasteiger partial charge in [-0.25, -0.2) is 4.98 Å². The van der Waals surface area contributed by atoms with Gasteiger partial charge in [-0.15, -0.1) is 6.42 Å². The normalized spacial score (nSPS) is 10.4. The molecule has 86 valence electrons. The van der Waals surface area contributed by atoms with Gasteiger partial charge in [0.05, 0.1) is 17.1 Å². The summed E-state index contributed by atoms with van der Waals surface area (Å²) in [7, 11) is 0. The monoisotopic (exact) mass is 265 g/mol. The average molecular weight is 266 g/mol. The second kappa shape index (κ2) is 5.37. The first kappa shape index (κ1) is 12.2. The fourth-order valence-electron chi connectivity index (χ4n) is 1.57. The van der Waals surface area contributed by atoms with E-state index in [1.807, 2.05) is 18.2 Å². The quantitative estimate of drug-likeness (QED) is 0.480. The zero-order chi connectivity index (χ0) is 12.3. The highest BCUT2D eigenvalue weighted by molar-refractivity contribution is 6.37. The molecule has 2 aromatic rings. The lowest BCUT2D eigenvalue weighted by Gasteiger charge is -2.07. The second-order valence-corrected chi connectivity index (χ2v) is 4.23. The summed E-state index contributed by atoms with van der Waals surface area (Å²) in [4.78, 5) is 4.26. The molecule has 0 N–H and O–H groups in total. The van der Waals surface area contributed by atoms with Crippen LogP contribution < -0.4 is 0 Å². The van der Waals surface area contributed by atoms with Crippen molar-refractivity contribution in [1.29, 1.82) is 0 Å². The molecule has 0 saturated carbocycles. The summed E-state index contributed by atoms with van der Waals surface area (Å²) in [5.41, 5.74) is 1.67. The lowest BCUT2D eigenvalue weighted by atomic mass is 10.1. The van der Waals surface area contributed by atoms with Gasteiger partial charge in [0, 0.05) is 10.9 Å². The van der Waals surface area contributed by atoms with Gasteiger partial charge in [-0.3, -0.25) is 0 Å². The van der Waals surface area contributed by atoms with Crippen LogP contribution in [0.4, 0.5) is 0 Å². The van der Waals surface area contributed by atoms with Crippen LogP contribution in [-0.2, 0) is 11.3 Å². The van der Waals surface area contributed by atoms with E-state index in [1.165, 1.54) is 0 Å². The Morgan fingerprint density at radius 3 is 2.94 bits per heavy atom. The van der Waals surface area contributed by atoms with Gasteiger partial charge in [0.1, 0.15) is 11.8 Å². The fourth-order valence-corrected chi connectivity index (χ4v) is 2.08. The number of terminal acetylenes is 1. The third-order valence-corrected chi connectivity index (χ3v) is 2.79. The van der Waals surface area contributed by atoms with Crippen molar-refractivity contribution in [3.8, 4) is 12.3 Å². The number of nitrogens with zero attached hydrogens (tertiary/aromatic N) is 1. The van der Waals surface area contributed by atoms with Gasteiger partial charge in [0.2, 0.25) is 0 Å². The van der Waals surface area contributed by atoms with Crippen LogP contribution in [0.3, 0.4) is 0 Å². The van der Waals surface area contributed by atoms with Crippen molar-refractivity contribution in [3.63, 3.8) is 0 Å². The number of para-hydroxylation sites is 1. The zero-order valence-corrected chi connectivity index (χ0v) is 10.4. The first-order valence-corrected chi connectivity index (χ1v) is 5.73. The predicted octanol–water partition coefficient (Wildman–Crippen LogP) is 3.69. The fraction of sp³-hybridized carbons (Fsp3) is 0.154. The number of hydrogen-bond acceptors (Lipinski definition) is 2. The Bertz CT molecular complexity index is 590. The number of hydrogen-bond donors (Lipinski definition) is 0. The smallest absolute Gasteiger partial charge is 0.131 e. The Kier molecular flexibility index (Phi) is 3.86.